The van der Waals surface area contributed by atoms with Crippen molar-refractivity contribution in [2.24, 2.45) is 0 Å². The van der Waals surface area contributed by atoms with Gasteiger partial charge in [-0.2, -0.15) is 10.4 Å². The molecule has 0 bridgehead atoms. The van der Waals surface area contributed by atoms with E-state index in [-0.39, 0.29) is 5.56 Å². The Morgan fingerprint density at radius 3 is 2.50 bits per heavy atom. The Morgan fingerprint density at radius 2 is 1.94 bits per heavy atom. The maximum Gasteiger partial charge on any atom is 0.264 e. The molecule has 2 aromatic rings. The highest BCUT2D eigenvalue weighted by Gasteiger charge is 1.96. The number of hydrogen-bond acceptors (Lipinski definition) is 4. The third-order valence-corrected chi connectivity index (χ3v) is 1.97. The summed E-state index contributed by atoms with van der Waals surface area (Å²) in [6.45, 7) is 0. The van der Waals surface area contributed by atoms with Gasteiger partial charge in [0.15, 0.2) is 5.82 Å². The van der Waals surface area contributed by atoms with Crippen LogP contribution in [-0.4, -0.2) is 10.2 Å². The van der Waals surface area contributed by atoms with Gasteiger partial charge in [-0.1, -0.05) is 0 Å². The fourth-order valence-electron chi connectivity index (χ4n) is 1.19. The fraction of sp³-hybridized carbons (Fsp3) is 0. The van der Waals surface area contributed by atoms with Crippen molar-refractivity contribution in [3.63, 3.8) is 0 Å². The highest BCUT2D eigenvalue weighted by atomic mass is 16.1. The van der Waals surface area contributed by atoms with Crippen molar-refractivity contribution in [1.29, 1.82) is 5.26 Å². The SMILES string of the molecule is N#Cc1ccc(Nc2ccc(=O)[nH]n2)cc1. The van der Waals surface area contributed by atoms with Crippen LogP contribution in [-0.2, 0) is 0 Å². The summed E-state index contributed by atoms with van der Waals surface area (Å²) in [5.41, 5.74) is 1.16. The van der Waals surface area contributed by atoms with Crippen LogP contribution in [0.4, 0.5) is 11.5 Å². The maximum atomic E-state index is 10.8. The zero-order valence-corrected chi connectivity index (χ0v) is 8.27. The quantitative estimate of drug-likeness (QED) is 0.788. The van der Waals surface area contributed by atoms with Crippen molar-refractivity contribution >= 4 is 11.5 Å². The molecule has 5 nitrogen and oxygen atoms in total. The molecule has 2 rings (SSSR count). The molecular weight excluding hydrogens is 204 g/mol. The second-order valence-electron chi connectivity index (χ2n) is 3.12. The fourth-order valence-corrected chi connectivity index (χ4v) is 1.19. The van der Waals surface area contributed by atoms with Gasteiger partial charge in [-0.25, -0.2) is 5.10 Å². The lowest BCUT2D eigenvalue weighted by Crippen LogP contribution is -2.07. The van der Waals surface area contributed by atoms with Gasteiger partial charge < -0.3 is 5.32 Å². The molecule has 0 fully saturated rings. The van der Waals surface area contributed by atoms with Gasteiger partial charge in [0.25, 0.3) is 5.56 Å². The van der Waals surface area contributed by atoms with E-state index in [1.807, 2.05) is 6.07 Å². The maximum absolute atomic E-state index is 10.8. The van der Waals surface area contributed by atoms with Crippen LogP contribution in [0.3, 0.4) is 0 Å². The Hall–Kier alpha value is -2.61. The molecule has 0 spiro atoms. The molecule has 16 heavy (non-hydrogen) atoms. The predicted octanol–water partition coefficient (Wildman–Crippen LogP) is 1.39. The van der Waals surface area contributed by atoms with Gasteiger partial charge in [-0.15, -0.1) is 0 Å². The van der Waals surface area contributed by atoms with E-state index in [0.29, 0.717) is 11.4 Å². The number of aromatic amines is 1. The van der Waals surface area contributed by atoms with Gasteiger partial charge in [-0.05, 0) is 30.3 Å². The Morgan fingerprint density at radius 1 is 1.19 bits per heavy atom. The molecular formula is C11H8N4O. The third-order valence-electron chi connectivity index (χ3n) is 1.97. The third kappa shape index (κ3) is 2.25. The van der Waals surface area contributed by atoms with E-state index in [9.17, 15) is 4.79 Å². The molecule has 0 radical (unpaired) electrons. The monoisotopic (exact) mass is 212 g/mol. The zero-order valence-electron chi connectivity index (χ0n) is 8.27. The summed E-state index contributed by atoms with van der Waals surface area (Å²) in [5, 5.41) is 17.7. The lowest BCUT2D eigenvalue weighted by atomic mass is 10.2. The smallest absolute Gasteiger partial charge is 0.264 e. The molecule has 0 unspecified atom stereocenters. The molecule has 1 aromatic carbocycles. The number of rotatable bonds is 2. The van der Waals surface area contributed by atoms with E-state index >= 15 is 0 Å². The molecule has 0 atom stereocenters. The zero-order chi connectivity index (χ0) is 11.4. The number of aromatic nitrogens is 2. The minimum atomic E-state index is -0.245. The van der Waals surface area contributed by atoms with Crippen LogP contribution in [0.1, 0.15) is 5.56 Å². The molecule has 2 N–H and O–H groups in total. The number of anilines is 2. The van der Waals surface area contributed by atoms with Crippen molar-refractivity contribution in [3.8, 4) is 6.07 Å². The van der Waals surface area contributed by atoms with E-state index < -0.39 is 0 Å². The van der Waals surface area contributed by atoms with Crippen LogP contribution >= 0.6 is 0 Å². The first-order chi connectivity index (χ1) is 7.78. The summed E-state index contributed by atoms with van der Waals surface area (Å²) >= 11 is 0. The van der Waals surface area contributed by atoms with Gasteiger partial charge in [0.1, 0.15) is 0 Å². The second-order valence-corrected chi connectivity index (χ2v) is 3.12. The lowest BCUT2D eigenvalue weighted by molar-refractivity contribution is 0.994. The van der Waals surface area contributed by atoms with Crippen molar-refractivity contribution in [3.05, 3.63) is 52.3 Å². The minimum absolute atomic E-state index is 0.245. The topological polar surface area (TPSA) is 81.6 Å². The van der Waals surface area contributed by atoms with Gasteiger partial charge in [0.2, 0.25) is 0 Å². The molecule has 0 aliphatic rings. The van der Waals surface area contributed by atoms with Gasteiger partial charge in [0.05, 0.1) is 11.6 Å². The van der Waals surface area contributed by atoms with Gasteiger partial charge in [-0.3, -0.25) is 4.79 Å². The summed E-state index contributed by atoms with van der Waals surface area (Å²) in [4.78, 5) is 10.8. The summed E-state index contributed by atoms with van der Waals surface area (Å²) in [5.74, 6) is 0.546. The average molecular weight is 212 g/mol. The standard InChI is InChI=1S/C11H8N4O/c12-7-8-1-3-9(4-2-8)13-10-5-6-11(16)15-14-10/h1-6H,(H,13,14)(H,15,16). The van der Waals surface area contributed by atoms with E-state index in [2.05, 4.69) is 15.5 Å². The summed E-state index contributed by atoms with van der Waals surface area (Å²) in [6, 6.07) is 11.9. The first-order valence-corrected chi connectivity index (χ1v) is 4.61. The molecule has 0 saturated carbocycles. The normalized spacial score (nSPS) is 9.44. The minimum Gasteiger partial charge on any atom is -0.339 e. The Bertz CT molecular complexity index is 560. The summed E-state index contributed by atoms with van der Waals surface area (Å²) < 4.78 is 0. The summed E-state index contributed by atoms with van der Waals surface area (Å²) in [6.07, 6.45) is 0. The van der Waals surface area contributed by atoms with Gasteiger partial charge >= 0.3 is 0 Å². The summed E-state index contributed by atoms with van der Waals surface area (Å²) in [7, 11) is 0. The molecule has 78 valence electrons. The van der Waals surface area contributed by atoms with Crippen LogP contribution in [0.2, 0.25) is 0 Å². The molecule has 0 amide bonds. The van der Waals surface area contributed by atoms with Crippen molar-refractivity contribution < 1.29 is 0 Å². The van der Waals surface area contributed by atoms with Crippen molar-refractivity contribution in [1.82, 2.24) is 10.2 Å². The highest BCUT2D eigenvalue weighted by molar-refractivity contribution is 5.56. The average Bonchev–Trinajstić information content (AvgIpc) is 2.33. The van der Waals surface area contributed by atoms with Crippen molar-refractivity contribution in [2.75, 3.05) is 5.32 Å². The predicted molar refractivity (Wildman–Crippen MR) is 59.3 cm³/mol. The molecule has 0 aliphatic heterocycles. The number of benzene rings is 1. The largest absolute Gasteiger partial charge is 0.339 e. The number of hydrogen-bond donors (Lipinski definition) is 2. The Labute approximate surface area is 91.4 Å². The van der Waals surface area contributed by atoms with Crippen LogP contribution in [0.5, 0.6) is 0 Å². The number of nitrogens with one attached hydrogen (secondary N) is 2. The Kier molecular flexibility index (Phi) is 2.65. The second kappa shape index (κ2) is 4.28. The van der Waals surface area contributed by atoms with E-state index in [4.69, 9.17) is 5.26 Å². The Balaban J connectivity index is 2.18. The van der Waals surface area contributed by atoms with Gasteiger partial charge in [0, 0.05) is 11.8 Å². The molecule has 0 aliphatic carbocycles. The number of H-pyrrole nitrogens is 1. The lowest BCUT2D eigenvalue weighted by Gasteiger charge is -2.03. The highest BCUT2D eigenvalue weighted by Crippen LogP contribution is 2.13. The molecule has 1 aromatic heterocycles. The van der Waals surface area contributed by atoms with E-state index in [0.717, 1.165) is 5.69 Å². The number of nitriles is 1. The van der Waals surface area contributed by atoms with Crippen molar-refractivity contribution in [2.45, 2.75) is 0 Å². The molecule has 1 heterocycles. The first kappa shape index (κ1) is 9.93. The van der Waals surface area contributed by atoms with Crippen LogP contribution in [0.25, 0.3) is 0 Å². The first-order valence-electron chi connectivity index (χ1n) is 4.61. The molecule has 5 heteroatoms. The van der Waals surface area contributed by atoms with Crippen LogP contribution in [0.15, 0.2) is 41.2 Å². The van der Waals surface area contributed by atoms with Crippen LogP contribution < -0.4 is 10.9 Å². The van der Waals surface area contributed by atoms with Crippen LogP contribution in [0, 0.1) is 11.3 Å². The van der Waals surface area contributed by atoms with E-state index in [1.165, 1.54) is 6.07 Å². The van der Waals surface area contributed by atoms with E-state index in [1.54, 1.807) is 30.3 Å². The number of nitrogens with zero attached hydrogens (tertiary/aromatic N) is 2. The molecule has 0 saturated heterocycles.